The van der Waals surface area contributed by atoms with E-state index >= 15 is 0 Å². The van der Waals surface area contributed by atoms with Crippen LogP contribution in [-0.4, -0.2) is 12.6 Å². The second-order valence-corrected chi connectivity index (χ2v) is 4.17. The number of aliphatic imine (C=N–C) groups is 1. The molecule has 0 saturated carbocycles. The first-order valence-corrected chi connectivity index (χ1v) is 6.67. The van der Waals surface area contributed by atoms with Gasteiger partial charge in [-0.1, -0.05) is 65.0 Å². The zero-order chi connectivity index (χ0) is 14.4. The van der Waals surface area contributed by atoms with Crippen LogP contribution in [0, 0.1) is 0 Å². The maximum absolute atomic E-state index is 9.11. The van der Waals surface area contributed by atoms with Crippen LogP contribution in [0.5, 0.6) is 0 Å². The third kappa shape index (κ3) is 8.72. The van der Waals surface area contributed by atoms with Crippen molar-refractivity contribution in [2.75, 3.05) is 6.54 Å². The van der Waals surface area contributed by atoms with Crippen molar-refractivity contribution in [3.8, 4) is 0 Å². The lowest BCUT2D eigenvalue weighted by atomic mass is 9.82. The molecule has 18 heavy (non-hydrogen) atoms. The van der Waals surface area contributed by atoms with E-state index in [0.717, 1.165) is 0 Å². The molecule has 0 aliphatic carbocycles. The van der Waals surface area contributed by atoms with E-state index in [1.807, 2.05) is 13.8 Å². The molecule has 0 atom stereocenters. The van der Waals surface area contributed by atoms with E-state index in [1.165, 1.54) is 18.1 Å². The lowest BCUT2D eigenvalue weighted by Gasteiger charge is -2.22. The van der Waals surface area contributed by atoms with Crippen LogP contribution < -0.4 is 0 Å². The average molecular weight is 249 g/mol. The summed E-state index contributed by atoms with van der Waals surface area (Å²) in [4.78, 5) is 12.3. The van der Waals surface area contributed by atoms with Crippen molar-refractivity contribution in [2.24, 2.45) is 4.99 Å². The molecule has 0 aromatic heterocycles. The Morgan fingerprint density at radius 2 is 1.61 bits per heavy atom. The monoisotopic (exact) mass is 249 g/mol. The Kier molecular flexibility index (Phi) is 12.7. The number of rotatable bonds is 3. The Morgan fingerprint density at radius 1 is 1.11 bits per heavy atom. The van der Waals surface area contributed by atoms with Gasteiger partial charge in [-0.05, 0) is 24.3 Å². The Bertz CT molecular complexity index is 324. The molecule has 1 rings (SSSR count). The van der Waals surface area contributed by atoms with E-state index in [4.69, 9.17) is 4.79 Å². The normalized spacial score (nSPS) is 9.00. The van der Waals surface area contributed by atoms with Crippen LogP contribution in [0.15, 0.2) is 35.3 Å². The second-order valence-electron chi connectivity index (χ2n) is 4.17. The van der Waals surface area contributed by atoms with Gasteiger partial charge in [0.05, 0.1) is 0 Å². The van der Waals surface area contributed by atoms with Gasteiger partial charge in [-0.2, -0.15) is 0 Å². The highest BCUT2D eigenvalue weighted by Gasteiger charge is 2.16. The summed E-state index contributed by atoms with van der Waals surface area (Å²) < 4.78 is 0. The number of hydrogen-bond acceptors (Lipinski definition) is 2. The molecule has 1 aromatic rings. The predicted molar refractivity (Wildman–Crippen MR) is 79.8 cm³/mol. The largest absolute Gasteiger partial charge is 0.234 e. The van der Waals surface area contributed by atoms with Crippen LogP contribution in [0.25, 0.3) is 0 Å². The molecule has 0 fully saturated rings. The smallest absolute Gasteiger partial charge is 0.211 e. The van der Waals surface area contributed by atoms with Crippen molar-refractivity contribution in [3.05, 3.63) is 35.9 Å². The standard InChI is InChI=1S/C11H16.C3H5NO.C2H6/c1-4-11(2,3)10-8-6-5-7-9-10;1-2-4-3-5;1-2/h5-9H,4H2,1-3H3;2H2,1H3;1-2H3. The van der Waals surface area contributed by atoms with Crippen LogP contribution in [0.4, 0.5) is 0 Å². The van der Waals surface area contributed by atoms with Gasteiger partial charge in [0.25, 0.3) is 0 Å². The number of carbonyl (C=O) groups excluding carboxylic acids is 1. The minimum absolute atomic E-state index is 0.335. The molecular formula is C16H27NO. The van der Waals surface area contributed by atoms with Gasteiger partial charge in [-0.15, -0.1) is 0 Å². The second kappa shape index (κ2) is 12.1. The van der Waals surface area contributed by atoms with Gasteiger partial charge in [-0.25, -0.2) is 9.79 Å². The molecule has 102 valence electrons. The molecule has 0 radical (unpaired) electrons. The van der Waals surface area contributed by atoms with Crippen molar-refractivity contribution in [1.82, 2.24) is 0 Å². The van der Waals surface area contributed by atoms with Crippen molar-refractivity contribution >= 4 is 6.08 Å². The first-order chi connectivity index (χ1) is 8.58. The van der Waals surface area contributed by atoms with E-state index in [2.05, 4.69) is 56.1 Å². The summed E-state index contributed by atoms with van der Waals surface area (Å²) in [5, 5.41) is 0. The lowest BCUT2D eigenvalue weighted by Crippen LogP contribution is -2.14. The van der Waals surface area contributed by atoms with E-state index < -0.39 is 0 Å². The molecule has 2 heteroatoms. The van der Waals surface area contributed by atoms with Crippen molar-refractivity contribution < 1.29 is 4.79 Å². The fourth-order valence-electron chi connectivity index (χ4n) is 1.16. The first kappa shape index (κ1) is 19.0. The molecule has 2 nitrogen and oxygen atoms in total. The Labute approximate surface area is 112 Å². The number of nitrogens with zero attached hydrogens (tertiary/aromatic N) is 1. The van der Waals surface area contributed by atoms with E-state index in [0.29, 0.717) is 12.0 Å². The Morgan fingerprint density at radius 3 is 1.89 bits per heavy atom. The number of benzene rings is 1. The summed E-state index contributed by atoms with van der Waals surface area (Å²) in [6, 6.07) is 10.7. The van der Waals surface area contributed by atoms with Crippen LogP contribution in [0.2, 0.25) is 0 Å². The van der Waals surface area contributed by atoms with Crippen LogP contribution in [0.3, 0.4) is 0 Å². The van der Waals surface area contributed by atoms with Gasteiger partial charge in [-0.3, -0.25) is 0 Å². The third-order valence-electron chi connectivity index (χ3n) is 2.66. The summed E-state index contributed by atoms with van der Waals surface area (Å²) >= 11 is 0. The highest BCUT2D eigenvalue weighted by molar-refractivity contribution is 5.32. The SMILES string of the molecule is CC.CCC(C)(C)c1ccccc1.CCN=C=O. The third-order valence-corrected chi connectivity index (χ3v) is 2.66. The Hall–Kier alpha value is -1.40. The van der Waals surface area contributed by atoms with Crippen LogP contribution in [0.1, 0.15) is 53.5 Å². The quantitative estimate of drug-likeness (QED) is 0.562. The molecular weight excluding hydrogens is 222 g/mol. The summed E-state index contributed by atoms with van der Waals surface area (Å²) in [7, 11) is 0. The van der Waals surface area contributed by atoms with Crippen molar-refractivity contribution in [2.45, 2.75) is 53.4 Å². The molecule has 1 aromatic carbocycles. The molecule has 0 heterocycles. The fraction of sp³-hybridized carbons (Fsp3) is 0.562. The maximum atomic E-state index is 9.11. The van der Waals surface area contributed by atoms with E-state index in [1.54, 1.807) is 6.92 Å². The zero-order valence-corrected chi connectivity index (χ0v) is 12.7. The van der Waals surface area contributed by atoms with Crippen molar-refractivity contribution in [3.63, 3.8) is 0 Å². The summed E-state index contributed by atoms with van der Waals surface area (Å²) in [6.07, 6.45) is 2.58. The lowest BCUT2D eigenvalue weighted by molar-refractivity contribution is 0.506. The van der Waals surface area contributed by atoms with Gasteiger partial charge >= 0.3 is 0 Å². The zero-order valence-electron chi connectivity index (χ0n) is 12.7. The predicted octanol–water partition coefficient (Wildman–Crippen LogP) is 4.74. The maximum Gasteiger partial charge on any atom is 0.234 e. The Balaban J connectivity index is 0. The summed E-state index contributed by atoms with van der Waals surface area (Å²) in [5.41, 5.74) is 1.77. The molecule has 0 bridgehead atoms. The molecule has 0 spiro atoms. The molecule has 0 unspecified atom stereocenters. The van der Waals surface area contributed by atoms with Gasteiger partial charge in [0, 0.05) is 6.54 Å². The first-order valence-electron chi connectivity index (χ1n) is 6.67. The van der Waals surface area contributed by atoms with E-state index in [-0.39, 0.29) is 0 Å². The van der Waals surface area contributed by atoms with Crippen LogP contribution in [-0.2, 0) is 10.2 Å². The average Bonchev–Trinajstić information content (AvgIpc) is 2.43. The van der Waals surface area contributed by atoms with Crippen molar-refractivity contribution in [1.29, 1.82) is 0 Å². The highest BCUT2D eigenvalue weighted by Crippen LogP contribution is 2.25. The molecule has 0 aliphatic heterocycles. The molecule has 0 N–H and O–H groups in total. The summed E-state index contributed by atoms with van der Waals surface area (Å²) in [6.45, 7) is 13.1. The minimum atomic E-state index is 0.335. The van der Waals surface area contributed by atoms with Gasteiger partial charge in [0.2, 0.25) is 6.08 Å². The van der Waals surface area contributed by atoms with Crippen LogP contribution >= 0.6 is 0 Å². The van der Waals surface area contributed by atoms with Gasteiger partial charge < -0.3 is 0 Å². The topological polar surface area (TPSA) is 29.4 Å². The molecule has 0 aliphatic rings. The minimum Gasteiger partial charge on any atom is -0.211 e. The molecule has 0 saturated heterocycles. The summed E-state index contributed by atoms with van der Waals surface area (Å²) in [5.74, 6) is 0. The fourth-order valence-corrected chi connectivity index (χ4v) is 1.16. The number of isocyanates is 1. The van der Waals surface area contributed by atoms with Gasteiger partial charge in [0.15, 0.2) is 0 Å². The van der Waals surface area contributed by atoms with Gasteiger partial charge in [0.1, 0.15) is 0 Å². The van der Waals surface area contributed by atoms with E-state index in [9.17, 15) is 0 Å². The number of hydrogen-bond donors (Lipinski definition) is 0. The molecule has 0 amide bonds. The highest BCUT2D eigenvalue weighted by atomic mass is 16.1.